The SMILES string of the molecule is C#CCOc1cc(OC(C)C(C)(C)O)ncn1. The van der Waals surface area contributed by atoms with Crippen molar-refractivity contribution in [3.8, 4) is 24.1 Å². The van der Waals surface area contributed by atoms with E-state index >= 15 is 0 Å². The molecule has 92 valence electrons. The number of terminal acetylenes is 1. The van der Waals surface area contributed by atoms with Gasteiger partial charge in [0.2, 0.25) is 11.8 Å². The Labute approximate surface area is 101 Å². The van der Waals surface area contributed by atoms with Crippen molar-refractivity contribution < 1.29 is 14.6 Å². The topological polar surface area (TPSA) is 64.5 Å². The Morgan fingerprint density at radius 1 is 1.47 bits per heavy atom. The maximum absolute atomic E-state index is 9.73. The first kappa shape index (κ1) is 13.3. The number of rotatable bonds is 5. The van der Waals surface area contributed by atoms with Crippen molar-refractivity contribution in [2.24, 2.45) is 0 Å². The first-order chi connectivity index (χ1) is 7.93. The van der Waals surface area contributed by atoms with Gasteiger partial charge < -0.3 is 14.6 Å². The standard InChI is InChI=1S/C12H16N2O3/c1-5-6-16-10-7-11(14-8-13-10)17-9(2)12(3,4)15/h1,7-9,15H,6H2,2-4H3. The number of nitrogens with zero attached hydrogens (tertiary/aromatic N) is 2. The summed E-state index contributed by atoms with van der Waals surface area (Å²) >= 11 is 0. The molecule has 0 saturated heterocycles. The molecule has 5 nitrogen and oxygen atoms in total. The first-order valence-electron chi connectivity index (χ1n) is 5.21. The van der Waals surface area contributed by atoms with E-state index < -0.39 is 11.7 Å². The minimum absolute atomic E-state index is 0.136. The highest BCUT2D eigenvalue weighted by Crippen LogP contribution is 2.18. The highest BCUT2D eigenvalue weighted by Gasteiger charge is 2.24. The lowest BCUT2D eigenvalue weighted by atomic mass is 10.0. The summed E-state index contributed by atoms with van der Waals surface area (Å²) in [5, 5.41) is 9.73. The highest BCUT2D eigenvalue weighted by molar-refractivity contribution is 5.19. The van der Waals surface area contributed by atoms with Gasteiger partial charge in [-0.25, -0.2) is 9.97 Å². The molecule has 0 aliphatic carbocycles. The van der Waals surface area contributed by atoms with Crippen LogP contribution in [0.25, 0.3) is 0 Å². The fraction of sp³-hybridized carbons (Fsp3) is 0.500. The largest absolute Gasteiger partial charge is 0.471 e. The molecule has 1 aromatic rings. The molecule has 1 aromatic heterocycles. The Morgan fingerprint density at radius 3 is 2.71 bits per heavy atom. The van der Waals surface area contributed by atoms with E-state index in [9.17, 15) is 5.11 Å². The molecular weight excluding hydrogens is 220 g/mol. The molecular formula is C12H16N2O3. The zero-order valence-corrected chi connectivity index (χ0v) is 10.2. The van der Waals surface area contributed by atoms with Gasteiger partial charge in [-0.3, -0.25) is 0 Å². The molecule has 0 spiro atoms. The Balaban J connectivity index is 2.69. The molecule has 1 unspecified atom stereocenters. The summed E-state index contributed by atoms with van der Waals surface area (Å²) in [5.74, 6) is 3.02. The average Bonchev–Trinajstić information content (AvgIpc) is 2.25. The second-order valence-corrected chi connectivity index (χ2v) is 4.10. The van der Waals surface area contributed by atoms with Crippen molar-refractivity contribution in [2.75, 3.05) is 6.61 Å². The van der Waals surface area contributed by atoms with E-state index in [1.165, 1.54) is 12.4 Å². The van der Waals surface area contributed by atoms with Gasteiger partial charge in [0.25, 0.3) is 0 Å². The van der Waals surface area contributed by atoms with Gasteiger partial charge in [-0.1, -0.05) is 5.92 Å². The summed E-state index contributed by atoms with van der Waals surface area (Å²) in [5.41, 5.74) is -0.954. The summed E-state index contributed by atoms with van der Waals surface area (Å²) in [6.45, 7) is 5.21. The minimum atomic E-state index is -0.954. The Kier molecular flexibility index (Phi) is 4.30. The van der Waals surface area contributed by atoms with Gasteiger partial charge in [-0.2, -0.15) is 0 Å². The van der Waals surface area contributed by atoms with Gasteiger partial charge in [-0.15, -0.1) is 6.42 Å². The average molecular weight is 236 g/mol. The number of ether oxygens (including phenoxy) is 2. The van der Waals surface area contributed by atoms with Crippen molar-refractivity contribution in [2.45, 2.75) is 32.5 Å². The van der Waals surface area contributed by atoms with Gasteiger partial charge in [0.15, 0.2) is 6.61 Å². The van der Waals surface area contributed by atoms with Crippen LogP contribution in [0.4, 0.5) is 0 Å². The van der Waals surface area contributed by atoms with Crippen LogP contribution in [-0.4, -0.2) is 33.4 Å². The molecule has 1 heterocycles. The van der Waals surface area contributed by atoms with Gasteiger partial charge in [0.05, 0.1) is 11.7 Å². The zero-order chi connectivity index (χ0) is 12.9. The predicted octanol–water partition coefficient (Wildman–Crippen LogP) is 1.03. The van der Waals surface area contributed by atoms with E-state index in [1.54, 1.807) is 20.8 Å². The summed E-state index contributed by atoms with van der Waals surface area (Å²) in [6.07, 6.45) is 5.98. The van der Waals surface area contributed by atoms with Gasteiger partial charge >= 0.3 is 0 Å². The van der Waals surface area contributed by atoms with Crippen LogP contribution < -0.4 is 9.47 Å². The molecule has 17 heavy (non-hydrogen) atoms. The smallest absolute Gasteiger partial charge is 0.221 e. The third kappa shape index (κ3) is 4.29. The molecule has 0 aromatic carbocycles. The summed E-state index contributed by atoms with van der Waals surface area (Å²) in [7, 11) is 0. The normalized spacial score (nSPS) is 12.6. The van der Waals surface area contributed by atoms with Gasteiger partial charge in [0.1, 0.15) is 12.4 Å². The fourth-order valence-corrected chi connectivity index (χ4v) is 0.907. The van der Waals surface area contributed by atoms with E-state index in [1.807, 2.05) is 0 Å². The van der Waals surface area contributed by atoms with E-state index in [0.29, 0.717) is 11.8 Å². The zero-order valence-electron chi connectivity index (χ0n) is 10.2. The van der Waals surface area contributed by atoms with E-state index in [0.717, 1.165) is 0 Å². The molecule has 1 rings (SSSR count). The molecule has 0 aliphatic rings. The molecule has 1 N–H and O–H groups in total. The molecule has 0 saturated carbocycles. The Morgan fingerprint density at radius 2 is 2.12 bits per heavy atom. The number of hydrogen-bond donors (Lipinski definition) is 1. The van der Waals surface area contributed by atoms with Crippen LogP contribution in [0.1, 0.15) is 20.8 Å². The number of aliphatic hydroxyl groups is 1. The monoisotopic (exact) mass is 236 g/mol. The lowest BCUT2D eigenvalue weighted by Gasteiger charge is -2.25. The van der Waals surface area contributed by atoms with Crippen LogP contribution in [-0.2, 0) is 0 Å². The molecule has 0 fully saturated rings. The third-order valence-electron chi connectivity index (χ3n) is 2.21. The maximum Gasteiger partial charge on any atom is 0.221 e. The van der Waals surface area contributed by atoms with Crippen LogP contribution in [0.15, 0.2) is 12.4 Å². The minimum Gasteiger partial charge on any atom is -0.471 e. The van der Waals surface area contributed by atoms with Gasteiger partial charge in [0, 0.05) is 0 Å². The lowest BCUT2D eigenvalue weighted by molar-refractivity contribution is -0.0261. The van der Waals surface area contributed by atoms with E-state index in [4.69, 9.17) is 15.9 Å². The highest BCUT2D eigenvalue weighted by atomic mass is 16.5. The first-order valence-corrected chi connectivity index (χ1v) is 5.21. The van der Waals surface area contributed by atoms with Gasteiger partial charge in [-0.05, 0) is 20.8 Å². The summed E-state index contributed by atoms with van der Waals surface area (Å²) in [6, 6.07) is 1.53. The van der Waals surface area contributed by atoms with Crippen molar-refractivity contribution in [3.63, 3.8) is 0 Å². The van der Waals surface area contributed by atoms with Crippen LogP contribution in [0.5, 0.6) is 11.8 Å². The second-order valence-electron chi connectivity index (χ2n) is 4.10. The van der Waals surface area contributed by atoms with Crippen molar-refractivity contribution in [1.29, 1.82) is 0 Å². The summed E-state index contributed by atoms with van der Waals surface area (Å²) < 4.78 is 10.6. The van der Waals surface area contributed by atoms with Crippen molar-refractivity contribution >= 4 is 0 Å². The Hall–Kier alpha value is -1.80. The molecule has 0 aliphatic heterocycles. The van der Waals surface area contributed by atoms with Crippen molar-refractivity contribution in [1.82, 2.24) is 9.97 Å². The second kappa shape index (κ2) is 5.51. The molecule has 0 bridgehead atoms. The quantitative estimate of drug-likeness (QED) is 0.773. The van der Waals surface area contributed by atoms with Crippen LogP contribution in [0.2, 0.25) is 0 Å². The lowest BCUT2D eigenvalue weighted by Crippen LogP contribution is -2.38. The fourth-order valence-electron chi connectivity index (χ4n) is 0.907. The molecule has 5 heteroatoms. The van der Waals surface area contributed by atoms with Crippen LogP contribution >= 0.6 is 0 Å². The maximum atomic E-state index is 9.73. The van der Waals surface area contributed by atoms with E-state index in [-0.39, 0.29) is 6.61 Å². The van der Waals surface area contributed by atoms with Crippen LogP contribution in [0, 0.1) is 12.3 Å². The molecule has 1 atom stereocenters. The molecule has 0 radical (unpaired) electrons. The predicted molar refractivity (Wildman–Crippen MR) is 62.7 cm³/mol. The third-order valence-corrected chi connectivity index (χ3v) is 2.21. The number of aromatic nitrogens is 2. The van der Waals surface area contributed by atoms with Crippen molar-refractivity contribution in [3.05, 3.63) is 12.4 Å². The van der Waals surface area contributed by atoms with Crippen LogP contribution in [0.3, 0.4) is 0 Å². The summed E-state index contributed by atoms with van der Waals surface area (Å²) in [4.78, 5) is 7.80. The Bertz CT molecular complexity index is 407. The number of hydrogen-bond acceptors (Lipinski definition) is 5. The van der Waals surface area contributed by atoms with E-state index in [2.05, 4.69) is 15.9 Å². The molecule has 0 amide bonds.